The second-order valence-corrected chi connectivity index (χ2v) is 4.69. The molecule has 1 aliphatic heterocycles. The zero-order valence-corrected chi connectivity index (χ0v) is 10.6. The Morgan fingerprint density at radius 2 is 2.32 bits per heavy atom. The lowest BCUT2D eigenvalue weighted by molar-refractivity contribution is 0.0987. The third-order valence-electron chi connectivity index (χ3n) is 3.34. The topological polar surface area (TPSA) is 79.0 Å². The monoisotopic (exact) mass is 262 g/mol. The van der Waals surface area contributed by atoms with Gasteiger partial charge in [-0.15, -0.1) is 0 Å². The van der Waals surface area contributed by atoms with E-state index < -0.39 is 7.12 Å². The maximum Gasteiger partial charge on any atom is 0.526 e. The van der Waals surface area contributed by atoms with Crippen molar-refractivity contribution >= 4 is 29.6 Å². The molecule has 2 aromatic heterocycles. The van der Waals surface area contributed by atoms with Crippen molar-refractivity contribution in [2.24, 2.45) is 0 Å². The number of fused-ring (bicyclic) bond motifs is 1. The molecule has 1 atom stereocenters. The van der Waals surface area contributed by atoms with Gasteiger partial charge in [-0.3, -0.25) is 0 Å². The van der Waals surface area contributed by atoms with Crippen LogP contribution in [-0.2, 0) is 4.74 Å². The van der Waals surface area contributed by atoms with Crippen molar-refractivity contribution in [2.45, 2.75) is 13.0 Å². The van der Waals surface area contributed by atoms with Gasteiger partial charge in [0.1, 0.15) is 17.1 Å². The van der Waals surface area contributed by atoms with Crippen LogP contribution in [0.1, 0.15) is 6.92 Å². The number of ether oxygens (including phenoxy) is 1. The molecule has 0 bridgehead atoms. The summed E-state index contributed by atoms with van der Waals surface area (Å²) in [5, 5.41) is 19.2. The van der Waals surface area contributed by atoms with Gasteiger partial charge in [-0.2, -0.15) is 0 Å². The number of nitrogens with zero attached hydrogens (tertiary/aromatic N) is 2. The first-order chi connectivity index (χ1) is 9.16. The molecular weight excluding hydrogens is 247 g/mol. The molecular formula is C12H15BN2O4. The van der Waals surface area contributed by atoms with Crippen molar-refractivity contribution < 1.29 is 19.2 Å². The fourth-order valence-corrected chi connectivity index (χ4v) is 2.37. The van der Waals surface area contributed by atoms with Crippen LogP contribution in [0.25, 0.3) is 11.0 Å². The average molecular weight is 262 g/mol. The number of rotatable bonds is 2. The van der Waals surface area contributed by atoms with Crippen molar-refractivity contribution in [3.05, 3.63) is 18.3 Å². The van der Waals surface area contributed by atoms with Gasteiger partial charge >= 0.3 is 7.12 Å². The fourth-order valence-electron chi connectivity index (χ4n) is 2.37. The summed E-state index contributed by atoms with van der Waals surface area (Å²) in [5.41, 5.74) is 0.733. The Hall–Kier alpha value is -1.57. The zero-order chi connectivity index (χ0) is 13.4. The van der Waals surface area contributed by atoms with Crippen LogP contribution in [0.4, 0.5) is 5.82 Å². The second kappa shape index (κ2) is 4.84. The minimum absolute atomic E-state index is 0.130. The molecule has 19 heavy (non-hydrogen) atoms. The molecule has 0 spiro atoms. The molecule has 0 aromatic carbocycles. The maximum atomic E-state index is 9.19. The highest BCUT2D eigenvalue weighted by Gasteiger charge is 2.25. The number of pyridine rings is 1. The summed E-state index contributed by atoms with van der Waals surface area (Å²) in [6.07, 6.45) is 1.66. The predicted octanol–water partition coefficient (Wildman–Crippen LogP) is -0.267. The summed E-state index contributed by atoms with van der Waals surface area (Å²) >= 11 is 0. The predicted molar refractivity (Wildman–Crippen MR) is 71.5 cm³/mol. The molecule has 7 heteroatoms. The van der Waals surface area contributed by atoms with Crippen LogP contribution in [-0.4, -0.2) is 48.0 Å². The standard InChI is InChI=1S/C12H15BN2O4/c1-8-7-18-5-4-15(8)12-9-6-11(13(16)17)19-10(9)2-3-14-12/h2-3,6,8,16-17H,4-5,7H2,1H3. The van der Waals surface area contributed by atoms with Crippen LogP contribution in [0.15, 0.2) is 22.7 Å². The fraction of sp³-hybridized carbons (Fsp3) is 0.417. The van der Waals surface area contributed by atoms with Gasteiger partial charge in [-0.25, -0.2) is 4.98 Å². The molecule has 3 heterocycles. The lowest BCUT2D eigenvalue weighted by Gasteiger charge is -2.34. The Morgan fingerprint density at radius 1 is 1.47 bits per heavy atom. The number of anilines is 1. The van der Waals surface area contributed by atoms with E-state index in [1.54, 1.807) is 18.3 Å². The molecule has 0 radical (unpaired) electrons. The Bertz CT molecular complexity index is 586. The highest BCUT2D eigenvalue weighted by Crippen LogP contribution is 2.27. The van der Waals surface area contributed by atoms with Crippen LogP contribution in [0, 0.1) is 0 Å². The zero-order valence-electron chi connectivity index (χ0n) is 10.6. The third kappa shape index (κ3) is 2.20. The van der Waals surface area contributed by atoms with Crippen LogP contribution in [0.2, 0.25) is 0 Å². The molecule has 100 valence electrons. The summed E-state index contributed by atoms with van der Waals surface area (Å²) in [7, 11) is -1.61. The molecule has 0 aliphatic carbocycles. The quantitative estimate of drug-likeness (QED) is 0.725. The van der Waals surface area contributed by atoms with Crippen molar-refractivity contribution in [3.8, 4) is 0 Å². The van der Waals surface area contributed by atoms with Gasteiger partial charge in [0.2, 0.25) is 0 Å². The number of morpholine rings is 1. The van der Waals surface area contributed by atoms with Crippen molar-refractivity contribution in [1.82, 2.24) is 4.98 Å². The van der Waals surface area contributed by atoms with E-state index in [2.05, 4.69) is 16.8 Å². The molecule has 1 aliphatic rings. The SMILES string of the molecule is CC1COCCN1c1nccc2oc(B(O)O)cc12. The van der Waals surface area contributed by atoms with E-state index in [4.69, 9.17) is 9.15 Å². The van der Waals surface area contributed by atoms with E-state index in [1.807, 2.05) is 0 Å². The first-order valence-corrected chi connectivity index (χ1v) is 6.26. The smallest absolute Gasteiger partial charge is 0.464 e. The molecule has 3 rings (SSSR count). The Labute approximate surface area is 110 Å². The average Bonchev–Trinajstić information content (AvgIpc) is 2.83. The number of furan rings is 1. The molecule has 6 nitrogen and oxygen atoms in total. The van der Waals surface area contributed by atoms with Crippen LogP contribution in [0.5, 0.6) is 0 Å². The normalized spacial score (nSPS) is 19.9. The molecule has 0 amide bonds. The molecule has 2 N–H and O–H groups in total. The first kappa shape index (κ1) is 12.5. The Balaban J connectivity index is 2.07. The van der Waals surface area contributed by atoms with Crippen molar-refractivity contribution in [2.75, 3.05) is 24.7 Å². The Morgan fingerprint density at radius 3 is 3.05 bits per heavy atom. The van der Waals surface area contributed by atoms with E-state index in [1.165, 1.54) is 0 Å². The van der Waals surface area contributed by atoms with E-state index in [0.717, 1.165) is 17.7 Å². The lowest BCUT2D eigenvalue weighted by atomic mass is 9.88. The molecule has 2 aromatic rings. The minimum atomic E-state index is -1.61. The van der Waals surface area contributed by atoms with Crippen molar-refractivity contribution in [3.63, 3.8) is 0 Å². The Kier molecular flexibility index (Phi) is 3.18. The molecule has 0 saturated carbocycles. The van der Waals surface area contributed by atoms with E-state index in [9.17, 15) is 10.0 Å². The lowest BCUT2D eigenvalue weighted by Crippen LogP contribution is -2.44. The number of hydrogen-bond donors (Lipinski definition) is 2. The second-order valence-electron chi connectivity index (χ2n) is 4.69. The van der Waals surface area contributed by atoms with Gasteiger partial charge in [0.25, 0.3) is 0 Å². The van der Waals surface area contributed by atoms with Gasteiger partial charge in [-0.1, -0.05) is 0 Å². The van der Waals surface area contributed by atoms with Crippen molar-refractivity contribution in [1.29, 1.82) is 0 Å². The molecule has 1 saturated heterocycles. The third-order valence-corrected chi connectivity index (χ3v) is 3.34. The maximum absolute atomic E-state index is 9.19. The summed E-state index contributed by atoms with van der Waals surface area (Å²) in [4.78, 5) is 6.55. The minimum Gasteiger partial charge on any atom is -0.464 e. The van der Waals surface area contributed by atoms with Gasteiger partial charge in [0.05, 0.1) is 24.6 Å². The van der Waals surface area contributed by atoms with Gasteiger partial charge in [-0.05, 0) is 19.1 Å². The van der Waals surface area contributed by atoms with E-state index in [0.29, 0.717) is 18.8 Å². The summed E-state index contributed by atoms with van der Waals surface area (Å²) < 4.78 is 10.8. The highest BCUT2D eigenvalue weighted by molar-refractivity contribution is 6.57. The summed E-state index contributed by atoms with van der Waals surface area (Å²) in [6.45, 7) is 4.15. The molecule has 1 fully saturated rings. The van der Waals surface area contributed by atoms with Crippen LogP contribution >= 0.6 is 0 Å². The van der Waals surface area contributed by atoms with E-state index >= 15 is 0 Å². The van der Waals surface area contributed by atoms with Gasteiger partial charge in [0, 0.05) is 12.7 Å². The largest absolute Gasteiger partial charge is 0.526 e. The van der Waals surface area contributed by atoms with E-state index in [-0.39, 0.29) is 11.7 Å². The number of aromatic nitrogens is 1. The van der Waals surface area contributed by atoms with Gasteiger partial charge in [0.15, 0.2) is 0 Å². The molecule has 1 unspecified atom stereocenters. The number of hydrogen-bond acceptors (Lipinski definition) is 6. The first-order valence-electron chi connectivity index (χ1n) is 6.26. The van der Waals surface area contributed by atoms with Crippen LogP contribution in [0.3, 0.4) is 0 Å². The van der Waals surface area contributed by atoms with Gasteiger partial charge < -0.3 is 24.1 Å². The van der Waals surface area contributed by atoms with Crippen LogP contribution < -0.4 is 10.6 Å². The summed E-state index contributed by atoms with van der Waals surface area (Å²) in [5.74, 6) is 0.795. The summed E-state index contributed by atoms with van der Waals surface area (Å²) in [6, 6.07) is 3.57. The highest BCUT2D eigenvalue weighted by atomic mass is 16.5.